The third-order valence-electron chi connectivity index (χ3n) is 5.04. The summed E-state index contributed by atoms with van der Waals surface area (Å²) in [6.45, 7) is 1.85. The molecule has 4 rings (SSSR count). The van der Waals surface area contributed by atoms with E-state index in [9.17, 15) is 10.1 Å². The van der Waals surface area contributed by atoms with Crippen molar-refractivity contribution in [3.05, 3.63) is 40.5 Å². The maximum absolute atomic E-state index is 12.4. The van der Waals surface area contributed by atoms with Gasteiger partial charge in [0.25, 0.3) is 0 Å². The van der Waals surface area contributed by atoms with E-state index in [2.05, 4.69) is 16.4 Å². The number of hydrogen-bond acceptors (Lipinski definition) is 7. The highest BCUT2D eigenvalue weighted by molar-refractivity contribution is 7.23. The predicted octanol–water partition coefficient (Wildman–Crippen LogP) is 3.55. The lowest BCUT2D eigenvalue weighted by Crippen LogP contribution is -2.22. The van der Waals surface area contributed by atoms with E-state index in [0.29, 0.717) is 22.6 Å². The molecule has 0 fully saturated rings. The number of nitrogen functional groups attached to an aromatic ring is 1. The molecule has 0 bridgehead atoms. The summed E-state index contributed by atoms with van der Waals surface area (Å²) in [5.74, 6) is 1.20. The van der Waals surface area contributed by atoms with Crippen molar-refractivity contribution in [2.24, 2.45) is 0 Å². The number of methoxy groups -OCH3 is 2. The van der Waals surface area contributed by atoms with Gasteiger partial charge >= 0.3 is 0 Å². The molecule has 1 aliphatic heterocycles. The van der Waals surface area contributed by atoms with Crippen molar-refractivity contribution < 1.29 is 14.3 Å². The standard InChI is InChI=1S/C20H18N4O3S/c1-9-13(8-21)19(22)24-17-16-12(7-15(25)23-20(16)28-18(9)17)11-6-10(26-2)4-5-14(11)27-3/h4-6,12H,7H2,1-3H3,(H2,22,24)(H,23,25)/t12-/m1/s1. The van der Waals surface area contributed by atoms with Crippen LogP contribution in [0.15, 0.2) is 18.2 Å². The van der Waals surface area contributed by atoms with Gasteiger partial charge in [-0.3, -0.25) is 4.79 Å². The zero-order chi connectivity index (χ0) is 20.0. The third-order valence-corrected chi connectivity index (χ3v) is 6.27. The van der Waals surface area contributed by atoms with Gasteiger partial charge in [0.1, 0.15) is 28.4 Å². The number of nitrogens with zero attached hydrogens (tertiary/aromatic N) is 2. The van der Waals surface area contributed by atoms with E-state index >= 15 is 0 Å². The highest BCUT2D eigenvalue weighted by Gasteiger charge is 2.34. The highest BCUT2D eigenvalue weighted by atomic mass is 32.1. The van der Waals surface area contributed by atoms with Crippen LogP contribution in [0, 0.1) is 18.3 Å². The maximum atomic E-state index is 12.4. The normalized spacial score (nSPS) is 15.6. The second-order valence-corrected chi connectivity index (χ2v) is 7.56. The lowest BCUT2D eigenvalue weighted by molar-refractivity contribution is -0.116. The molecule has 8 heteroatoms. The Morgan fingerprint density at radius 2 is 2.14 bits per heavy atom. The molecule has 7 nitrogen and oxygen atoms in total. The summed E-state index contributed by atoms with van der Waals surface area (Å²) in [7, 11) is 3.19. The number of aromatic nitrogens is 1. The van der Waals surface area contributed by atoms with Gasteiger partial charge in [-0.2, -0.15) is 5.26 Å². The van der Waals surface area contributed by atoms with Crippen LogP contribution in [0.2, 0.25) is 0 Å². The van der Waals surface area contributed by atoms with Gasteiger partial charge < -0.3 is 20.5 Å². The third kappa shape index (κ3) is 2.63. The monoisotopic (exact) mass is 394 g/mol. The van der Waals surface area contributed by atoms with Crippen molar-refractivity contribution in [3.63, 3.8) is 0 Å². The number of ether oxygens (including phenoxy) is 2. The van der Waals surface area contributed by atoms with Gasteiger partial charge in [0.05, 0.1) is 30.0 Å². The number of thiophene rings is 1. The first kappa shape index (κ1) is 18.1. The van der Waals surface area contributed by atoms with Crippen molar-refractivity contribution in [2.45, 2.75) is 19.3 Å². The first-order chi connectivity index (χ1) is 13.5. The van der Waals surface area contributed by atoms with E-state index in [-0.39, 0.29) is 24.1 Å². The van der Waals surface area contributed by atoms with E-state index < -0.39 is 0 Å². The van der Waals surface area contributed by atoms with Crippen LogP contribution in [-0.2, 0) is 4.79 Å². The Kier molecular flexibility index (Phi) is 4.32. The van der Waals surface area contributed by atoms with E-state index in [1.54, 1.807) is 14.2 Å². The van der Waals surface area contributed by atoms with Crippen LogP contribution in [0.25, 0.3) is 10.2 Å². The second kappa shape index (κ2) is 6.69. The number of rotatable bonds is 3. The van der Waals surface area contributed by atoms with Gasteiger partial charge in [-0.15, -0.1) is 11.3 Å². The summed E-state index contributed by atoms with van der Waals surface area (Å²) in [6, 6.07) is 7.65. The summed E-state index contributed by atoms with van der Waals surface area (Å²) >= 11 is 1.42. The number of carbonyl (C=O) groups excluding carboxylic acids is 1. The van der Waals surface area contributed by atoms with Crippen LogP contribution in [0.1, 0.15) is 34.6 Å². The van der Waals surface area contributed by atoms with Gasteiger partial charge in [-0.1, -0.05) is 0 Å². The SMILES string of the molecule is COc1ccc(OC)c([C@H]2CC(=O)Nc3sc4c(C)c(C#N)c(N)nc4c32)c1. The Bertz CT molecular complexity index is 1160. The molecule has 0 aliphatic carbocycles. The molecule has 28 heavy (non-hydrogen) atoms. The summed E-state index contributed by atoms with van der Waals surface area (Å²) in [5.41, 5.74) is 9.64. The lowest BCUT2D eigenvalue weighted by atomic mass is 9.85. The molecule has 0 radical (unpaired) electrons. The Labute approximate surface area is 165 Å². The average Bonchev–Trinajstić information content (AvgIpc) is 3.05. The molecule has 0 spiro atoms. The molecule has 0 saturated heterocycles. The second-order valence-electron chi connectivity index (χ2n) is 6.54. The van der Waals surface area contributed by atoms with E-state index in [1.165, 1.54) is 11.3 Å². The topological polar surface area (TPSA) is 110 Å². The zero-order valence-electron chi connectivity index (χ0n) is 15.6. The number of amides is 1. The molecule has 1 aromatic carbocycles. The molecule has 3 N–H and O–H groups in total. The minimum Gasteiger partial charge on any atom is -0.497 e. The van der Waals surface area contributed by atoms with Gasteiger partial charge in [0.2, 0.25) is 5.91 Å². The number of carbonyl (C=O) groups is 1. The number of anilines is 2. The van der Waals surface area contributed by atoms with Crippen molar-refractivity contribution in [2.75, 3.05) is 25.3 Å². The Morgan fingerprint density at radius 3 is 2.82 bits per heavy atom. The molecule has 0 saturated carbocycles. The van der Waals surface area contributed by atoms with E-state index in [0.717, 1.165) is 26.4 Å². The number of aryl methyl sites for hydroxylation is 1. The fraction of sp³-hybridized carbons (Fsp3) is 0.250. The van der Waals surface area contributed by atoms with Gasteiger partial charge in [-0.05, 0) is 30.7 Å². The number of pyridine rings is 1. The smallest absolute Gasteiger partial charge is 0.225 e. The fourth-order valence-electron chi connectivity index (χ4n) is 3.68. The first-order valence-electron chi connectivity index (χ1n) is 8.62. The highest BCUT2D eigenvalue weighted by Crippen LogP contribution is 2.49. The number of benzene rings is 1. The summed E-state index contributed by atoms with van der Waals surface area (Å²) < 4.78 is 11.8. The molecule has 3 aromatic rings. The van der Waals surface area contributed by atoms with Crippen LogP contribution < -0.4 is 20.5 Å². The van der Waals surface area contributed by atoms with Crippen LogP contribution in [0.3, 0.4) is 0 Å². The average molecular weight is 394 g/mol. The molecule has 142 valence electrons. The van der Waals surface area contributed by atoms with Gasteiger partial charge in [-0.25, -0.2) is 4.98 Å². The number of nitrogens with one attached hydrogen (secondary N) is 1. The molecule has 3 heterocycles. The van der Waals surface area contributed by atoms with Gasteiger partial charge in [0, 0.05) is 23.5 Å². The minimum absolute atomic E-state index is 0.0833. The van der Waals surface area contributed by atoms with Crippen molar-refractivity contribution in [3.8, 4) is 17.6 Å². The van der Waals surface area contributed by atoms with Crippen LogP contribution >= 0.6 is 11.3 Å². The molecule has 1 amide bonds. The van der Waals surface area contributed by atoms with Crippen LogP contribution in [-0.4, -0.2) is 25.1 Å². The number of fused-ring (bicyclic) bond motifs is 3. The summed E-state index contributed by atoms with van der Waals surface area (Å²) in [4.78, 5) is 17.0. The van der Waals surface area contributed by atoms with Crippen molar-refractivity contribution >= 4 is 38.3 Å². The molecule has 0 unspecified atom stereocenters. The van der Waals surface area contributed by atoms with Crippen LogP contribution in [0.4, 0.5) is 10.8 Å². The Balaban J connectivity index is 2.02. The maximum Gasteiger partial charge on any atom is 0.225 e. The molecular weight excluding hydrogens is 376 g/mol. The van der Waals surface area contributed by atoms with Crippen LogP contribution in [0.5, 0.6) is 11.5 Å². The lowest BCUT2D eigenvalue weighted by Gasteiger charge is -2.25. The molecule has 2 aromatic heterocycles. The quantitative estimate of drug-likeness (QED) is 0.703. The number of hydrogen-bond donors (Lipinski definition) is 2. The number of nitrogens with two attached hydrogens (primary N) is 1. The minimum atomic E-state index is -0.262. The summed E-state index contributed by atoms with van der Waals surface area (Å²) in [5, 5.41) is 13.1. The molecular formula is C20H18N4O3S. The zero-order valence-corrected chi connectivity index (χ0v) is 16.4. The fourth-order valence-corrected chi connectivity index (χ4v) is 4.91. The predicted molar refractivity (Wildman–Crippen MR) is 108 cm³/mol. The van der Waals surface area contributed by atoms with Crippen molar-refractivity contribution in [1.29, 1.82) is 5.26 Å². The first-order valence-corrected chi connectivity index (χ1v) is 9.44. The molecule has 1 aliphatic rings. The summed E-state index contributed by atoms with van der Waals surface area (Å²) in [6.07, 6.45) is 0.253. The Morgan fingerprint density at radius 1 is 1.36 bits per heavy atom. The molecule has 1 atom stereocenters. The largest absolute Gasteiger partial charge is 0.497 e. The Hall–Kier alpha value is -3.31. The van der Waals surface area contributed by atoms with Gasteiger partial charge in [0.15, 0.2) is 0 Å². The number of nitriles is 1. The van der Waals surface area contributed by atoms with E-state index in [1.807, 2.05) is 25.1 Å². The van der Waals surface area contributed by atoms with E-state index in [4.69, 9.17) is 15.2 Å². The van der Waals surface area contributed by atoms with Crippen molar-refractivity contribution in [1.82, 2.24) is 4.98 Å².